The quantitative estimate of drug-likeness (QED) is 0.672. The minimum absolute atomic E-state index is 0.0967. The van der Waals surface area contributed by atoms with E-state index in [9.17, 15) is 21.6 Å². The largest absolute Gasteiger partial charge is 0.495 e. The third-order valence-corrected chi connectivity index (χ3v) is 6.51. The molecule has 1 fully saturated rings. The summed E-state index contributed by atoms with van der Waals surface area (Å²) in [6.07, 6.45) is -1.46. The van der Waals surface area contributed by atoms with E-state index in [-0.39, 0.29) is 11.9 Å². The van der Waals surface area contributed by atoms with Gasteiger partial charge in [-0.3, -0.25) is 0 Å². The van der Waals surface area contributed by atoms with Crippen LogP contribution in [0.15, 0.2) is 24.4 Å². The number of hydrogen-bond acceptors (Lipinski definition) is 6. The molecule has 1 saturated heterocycles. The van der Waals surface area contributed by atoms with E-state index in [1.165, 1.54) is 17.7 Å². The molecule has 164 valence electrons. The number of benzene rings is 1. The number of aromatic nitrogens is 2. The van der Waals surface area contributed by atoms with Gasteiger partial charge in [0.25, 0.3) is 0 Å². The highest BCUT2D eigenvalue weighted by Crippen LogP contribution is 2.36. The Bertz CT molecular complexity index is 1030. The SMILES string of the molecule is COc1cc(C2CCN(S(C)(=O)=O)CC2)ccc1Nc1ncc(C(F)(F)F)c(Cl)n1. The highest BCUT2D eigenvalue weighted by Gasteiger charge is 2.34. The molecule has 1 N–H and O–H groups in total. The van der Waals surface area contributed by atoms with Crippen LogP contribution >= 0.6 is 11.6 Å². The maximum absolute atomic E-state index is 12.8. The van der Waals surface area contributed by atoms with Gasteiger partial charge in [0.2, 0.25) is 16.0 Å². The van der Waals surface area contributed by atoms with Crippen molar-refractivity contribution in [2.45, 2.75) is 24.9 Å². The lowest BCUT2D eigenvalue weighted by atomic mass is 9.90. The van der Waals surface area contributed by atoms with Crippen molar-refractivity contribution in [3.63, 3.8) is 0 Å². The summed E-state index contributed by atoms with van der Waals surface area (Å²) in [6, 6.07) is 5.39. The summed E-state index contributed by atoms with van der Waals surface area (Å²) in [6.45, 7) is 0.896. The normalized spacial score (nSPS) is 16.5. The number of sulfonamides is 1. The monoisotopic (exact) mass is 464 g/mol. The Labute approximate surface area is 177 Å². The number of nitrogens with one attached hydrogen (secondary N) is 1. The first-order valence-electron chi connectivity index (χ1n) is 8.99. The minimum Gasteiger partial charge on any atom is -0.495 e. The Balaban J connectivity index is 1.76. The molecule has 0 spiro atoms. The topological polar surface area (TPSA) is 84.4 Å². The van der Waals surface area contributed by atoms with Crippen LogP contribution in [0, 0.1) is 0 Å². The van der Waals surface area contributed by atoms with E-state index < -0.39 is 26.9 Å². The molecule has 0 unspecified atom stereocenters. The van der Waals surface area contributed by atoms with E-state index in [1.54, 1.807) is 6.07 Å². The Morgan fingerprint density at radius 1 is 1.27 bits per heavy atom. The molecule has 0 amide bonds. The zero-order chi connectivity index (χ0) is 22.1. The average molecular weight is 465 g/mol. The molecule has 2 aromatic rings. The lowest BCUT2D eigenvalue weighted by molar-refractivity contribution is -0.137. The fraction of sp³-hybridized carbons (Fsp3) is 0.444. The van der Waals surface area contributed by atoms with Crippen molar-refractivity contribution in [3.8, 4) is 5.75 Å². The van der Waals surface area contributed by atoms with Crippen LogP contribution < -0.4 is 10.1 Å². The van der Waals surface area contributed by atoms with Gasteiger partial charge in [0.05, 0.1) is 19.1 Å². The van der Waals surface area contributed by atoms with E-state index in [0.717, 1.165) is 5.56 Å². The van der Waals surface area contributed by atoms with Crippen LogP contribution in [0.2, 0.25) is 5.15 Å². The second-order valence-electron chi connectivity index (χ2n) is 6.92. The number of methoxy groups -OCH3 is 1. The number of anilines is 2. The summed E-state index contributed by atoms with van der Waals surface area (Å²) in [7, 11) is -1.73. The maximum Gasteiger partial charge on any atom is 0.420 e. The molecular weight excluding hydrogens is 445 g/mol. The average Bonchev–Trinajstić information content (AvgIpc) is 2.67. The molecule has 7 nitrogen and oxygen atoms in total. The molecule has 1 aromatic carbocycles. The summed E-state index contributed by atoms with van der Waals surface area (Å²) in [5.74, 6) is 0.529. The van der Waals surface area contributed by atoms with Crippen molar-refractivity contribution in [1.29, 1.82) is 0 Å². The number of piperidine rings is 1. The van der Waals surface area contributed by atoms with Gasteiger partial charge in [0.15, 0.2) is 0 Å². The van der Waals surface area contributed by atoms with Crippen molar-refractivity contribution in [2.75, 3.05) is 31.8 Å². The summed E-state index contributed by atoms with van der Waals surface area (Å²) in [5, 5.41) is 2.11. The highest BCUT2D eigenvalue weighted by atomic mass is 35.5. The maximum atomic E-state index is 12.8. The smallest absolute Gasteiger partial charge is 0.420 e. The number of alkyl halides is 3. The predicted octanol–water partition coefficient (Wildman–Crippen LogP) is 4.04. The van der Waals surface area contributed by atoms with Crippen LogP contribution in [0.1, 0.15) is 29.9 Å². The third kappa shape index (κ3) is 5.13. The van der Waals surface area contributed by atoms with Crippen molar-refractivity contribution < 1.29 is 26.3 Å². The summed E-state index contributed by atoms with van der Waals surface area (Å²) in [5.41, 5.74) is 0.333. The first-order chi connectivity index (χ1) is 14.0. The molecule has 0 aliphatic carbocycles. The lowest BCUT2D eigenvalue weighted by Crippen LogP contribution is -2.37. The lowest BCUT2D eigenvalue weighted by Gasteiger charge is -2.30. The van der Waals surface area contributed by atoms with Gasteiger partial charge in [-0.1, -0.05) is 17.7 Å². The first-order valence-corrected chi connectivity index (χ1v) is 11.2. The van der Waals surface area contributed by atoms with Crippen LogP contribution in [0.4, 0.5) is 24.8 Å². The van der Waals surface area contributed by atoms with E-state index in [1.807, 2.05) is 12.1 Å². The van der Waals surface area contributed by atoms with Crippen LogP contribution in [0.3, 0.4) is 0 Å². The molecule has 0 bridgehead atoms. The van der Waals surface area contributed by atoms with Gasteiger partial charge in [-0.25, -0.2) is 22.7 Å². The van der Waals surface area contributed by atoms with Crippen molar-refractivity contribution >= 4 is 33.3 Å². The Morgan fingerprint density at radius 3 is 2.47 bits per heavy atom. The molecule has 0 atom stereocenters. The molecule has 1 aliphatic rings. The highest BCUT2D eigenvalue weighted by molar-refractivity contribution is 7.88. The van der Waals surface area contributed by atoms with E-state index >= 15 is 0 Å². The van der Waals surface area contributed by atoms with E-state index in [2.05, 4.69) is 15.3 Å². The predicted molar refractivity (Wildman–Crippen MR) is 107 cm³/mol. The summed E-state index contributed by atoms with van der Waals surface area (Å²) < 4.78 is 68.6. The first kappa shape index (κ1) is 22.6. The van der Waals surface area contributed by atoms with Gasteiger partial charge >= 0.3 is 6.18 Å². The standard InChI is InChI=1S/C18H20ClF3N4O3S/c1-29-15-9-12(11-5-7-26(8-6-11)30(2,27)28)3-4-14(15)24-17-23-10-13(16(19)25-17)18(20,21)22/h3-4,9-11H,5-8H2,1-2H3,(H,23,24,25). The molecule has 2 heterocycles. The molecule has 1 aliphatic heterocycles. The molecule has 30 heavy (non-hydrogen) atoms. The Kier molecular flexibility index (Phi) is 6.44. The third-order valence-electron chi connectivity index (χ3n) is 4.91. The second kappa shape index (κ2) is 8.56. The fourth-order valence-corrected chi connectivity index (χ4v) is 4.43. The second-order valence-corrected chi connectivity index (χ2v) is 9.26. The van der Waals surface area contributed by atoms with Gasteiger partial charge in [-0.15, -0.1) is 0 Å². The minimum atomic E-state index is -4.64. The zero-order valence-electron chi connectivity index (χ0n) is 16.2. The zero-order valence-corrected chi connectivity index (χ0v) is 17.8. The van der Waals surface area contributed by atoms with Crippen molar-refractivity contribution in [1.82, 2.24) is 14.3 Å². The van der Waals surface area contributed by atoms with E-state index in [0.29, 0.717) is 43.6 Å². The molecule has 3 rings (SSSR count). The molecule has 12 heteroatoms. The molecule has 0 radical (unpaired) electrons. The summed E-state index contributed by atoms with van der Waals surface area (Å²) in [4.78, 5) is 7.33. The van der Waals surface area contributed by atoms with Crippen molar-refractivity contribution in [3.05, 3.63) is 40.7 Å². The van der Waals surface area contributed by atoms with Crippen LogP contribution in [-0.4, -0.2) is 49.1 Å². The number of hydrogen-bond donors (Lipinski definition) is 1. The molecule has 0 saturated carbocycles. The van der Waals surface area contributed by atoms with Gasteiger partial charge in [0.1, 0.15) is 16.5 Å². The van der Waals surface area contributed by atoms with Crippen molar-refractivity contribution in [2.24, 2.45) is 0 Å². The van der Waals surface area contributed by atoms with Gasteiger partial charge in [-0.2, -0.15) is 13.2 Å². The Hall–Kier alpha value is -2.11. The Morgan fingerprint density at radius 2 is 1.93 bits per heavy atom. The molecular formula is C18H20ClF3N4O3S. The van der Waals surface area contributed by atoms with Gasteiger partial charge < -0.3 is 10.1 Å². The van der Waals surface area contributed by atoms with E-state index in [4.69, 9.17) is 16.3 Å². The summed E-state index contributed by atoms with van der Waals surface area (Å²) >= 11 is 5.64. The van der Waals surface area contributed by atoms with Gasteiger partial charge in [0, 0.05) is 19.3 Å². The number of nitrogens with zero attached hydrogens (tertiary/aromatic N) is 3. The fourth-order valence-electron chi connectivity index (χ4n) is 3.32. The van der Waals surface area contributed by atoms with Gasteiger partial charge in [-0.05, 0) is 36.5 Å². The number of halogens is 4. The number of rotatable bonds is 5. The van der Waals surface area contributed by atoms with Crippen LogP contribution in [0.25, 0.3) is 0 Å². The number of ether oxygens (including phenoxy) is 1. The van der Waals surface area contributed by atoms with Crippen LogP contribution in [0.5, 0.6) is 5.75 Å². The van der Waals surface area contributed by atoms with Crippen LogP contribution in [-0.2, 0) is 16.2 Å². The molecule has 1 aromatic heterocycles.